The normalized spacial score (nSPS) is 17.5. The molecule has 2 aliphatic heterocycles. The van der Waals surface area contributed by atoms with Gasteiger partial charge in [-0.15, -0.1) is 0 Å². The first-order valence-electron chi connectivity index (χ1n) is 11.3. The number of hydrogen-bond acceptors (Lipinski definition) is 5. The highest BCUT2D eigenvalue weighted by Crippen LogP contribution is 2.35. The number of nitrogens with one attached hydrogen (secondary N) is 1. The summed E-state index contributed by atoms with van der Waals surface area (Å²) in [6.07, 6.45) is 3.61. The Morgan fingerprint density at radius 2 is 1.76 bits per heavy atom. The summed E-state index contributed by atoms with van der Waals surface area (Å²) in [6.45, 7) is 3.32. The molecule has 0 bridgehead atoms. The standard InChI is InChI=1S/C26H25N3O5/c1-17(30)29-11-10-18-6-2-3-7-19(18)21(29)16-23(31)27-24-20-8-4-5-9-22(20)34-25(24)26(32)28-12-14-33-15-13-28/h2-11,21H,12-16H2,1H3,(H,27,31). The number of morpholine rings is 1. The summed E-state index contributed by atoms with van der Waals surface area (Å²) in [7, 11) is 0. The number of furan rings is 1. The van der Waals surface area contributed by atoms with Crippen LogP contribution in [0.4, 0.5) is 5.69 Å². The first kappa shape index (κ1) is 21.9. The Bertz CT molecular complexity index is 1290. The molecule has 1 saturated heterocycles. The molecule has 3 heterocycles. The van der Waals surface area contributed by atoms with E-state index in [-0.39, 0.29) is 29.9 Å². The fourth-order valence-corrected chi connectivity index (χ4v) is 4.51. The lowest BCUT2D eigenvalue weighted by Crippen LogP contribution is -2.40. The number of hydrogen-bond donors (Lipinski definition) is 1. The van der Waals surface area contributed by atoms with E-state index in [1.807, 2.05) is 48.5 Å². The largest absolute Gasteiger partial charge is 0.449 e. The van der Waals surface area contributed by atoms with E-state index in [1.54, 1.807) is 22.1 Å². The molecule has 1 unspecified atom stereocenters. The lowest BCUT2D eigenvalue weighted by molar-refractivity contribution is -0.129. The highest BCUT2D eigenvalue weighted by atomic mass is 16.5. The van der Waals surface area contributed by atoms with Crippen LogP contribution in [0, 0.1) is 0 Å². The quantitative estimate of drug-likeness (QED) is 0.641. The maximum Gasteiger partial charge on any atom is 0.291 e. The number of ether oxygens (including phenoxy) is 1. The lowest BCUT2D eigenvalue weighted by atomic mass is 9.93. The second kappa shape index (κ2) is 9.15. The summed E-state index contributed by atoms with van der Waals surface area (Å²) in [5, 5.41) is 3.57. The predicted molar refractivity (Wildman–Crippen MR) is 127 cm³/mol. The van der Waals surface area contributed by atoms with Gasteiger partial charge in [0.1, 0.15) is 11.3 Å². The van der Waals surface area contributed by atoms with Gasteiger partial charge in [0.25, 0.3) is 5.91 Å². The maximum atomic E-state index is 13.3. The molecule has 2 aliphatic rings. The predicted octanol–water partition coefficient (Wildman–Crippen LogP) is 3.81. The average molecular weight is 460 g/mol. The second-order valence-corrected chi connectivity index (χ2v) is 8.35. The third kappa shape index (κ3) is 4.08. The second-order valence-electron chi connectivity index (χ2n) is 8.35. The molecule has 0 spiro atoms. The average Bonchev–Trinajstić information content (AvgIpc) is 3.22. The number of anilines is 1. The molecule has 174 valence electrons. The molecule has 1 N–H and O–H groups in total. The van der Waals surface area contributed by atoms with Gasteiger partial charge in [-0.25, -0.2) is 0 Å². The molecule has 3 aromatic rings. The molecule has 0 saturated carbocycles. The van der Waals surface area contributed by atoms with Crippen molar-refractivity contribution in [2.45, 2.75) is 19.4 Å². The summed E-state index contributed by atoms with van der Waals surface area (Å²) >= 11 is 0. The van der Waals surface area contributed by atoms with Crippen LogP contribution in [-0.2, 0) is 14.3 Å². The van der Waals surface area contributed by atoms with E-state index in [0.717, 1.165) is 11.1 Å². The van der Waals surface area contributed by atoms with Crippen LogP contribution in [0.15, 0.2) is 59.1 Å². The van der Waals surface area contributed by atoms with Crippen LogP contribution in [-0.4, -0.2) is 53.8 Å². The van der Waals surface area contributed by atoms with Crippen LogP contribution >= 0.6 is 0 Å². The zero-order chi connectivity index (χ0) is 23.7. The van der Waals surface area contributed by atoms with Crippen molar-refractivity contribution >= 4 is 40.5 Å². The van der Waals surface area contributed by atoms with Gasteiger partial charge >= 0.3 is 0 Å². The minimum Gasteiger partial charge on any atom is -0.449 e. The molecular formula is C26H25N3O5. The van der Waals surface area contributed by atoms with Crippen LogP contribution in [0.5, 0.6) is 0 Å². The van der Waals surface area contributed by atoms with E-state index in [1.165, 1.54) is 6.92 Å². The molecule has 34 heavy (non-hydrogen) atoms. The first-order chi connectivity index (χ1) is 16.5. The Labute approximate surface area is 196 Å². The van der Waals surface area contributed by atoms with Gasteiger partial charge in [-0.1, -0.05) is 36.4 Å². The van der Waals surface area contributed by atoms with E-state index in [4.69, 9.17) is 9.15 Å². The zero-order valence-electron chi connectivity index (χ0n) is 18.8. The molecule has 1 fully saturated rings. The number of rotatable bonds is 4. The summed E-state index contributed by atoms with van der Waals surface area (Å²) in [4.78, 5) is 42.0. The lowest BCUT2D eigenvalue weighted by Gasteiger charge is -2.32. The Kier molecular flexibility index (Phi) is 5.90. The van der Waals surface area contributed by atoms with Crippen LogP contribution in [0.3, 0.4) is 0 Å². The van der Waals surface area contributed by atoms with Crippen molar-refractivity contribution in [3.63, 3.8) is 0 Å². The first-order valence-corrected chi connectivity index (χ1v) is 11.3. The SMILES string of the molecule is CC(=O)N1C=Cc2ccccc2C1CC(=O)Nc1c(C(=O)N2CCOCC2)oc2ccccc12. The van der Waals surface area contributed by atoms with Gasteiger partial charge in [0.05, 0.1) is 25.7 Å². The van der Waals surface area contributed by atoms with Gasteiger partial charge < -0.3 is 24.3 Å². The summed E-state index contributed by atoms with van der Waals surface area (Å²) in [6, 6.07) is 14.5. The van der Waals surface area contributed by atoms with Crippen LogP contribution in [0.1, 0.15) is 41.1 Å². The van der Waals surface area contributed by atoms with Gasteiger partial charge in [0, 0.05) is 31.6 Å². The van der Waals surface area contributed by atoms with Crippen molar-refractivity contribution in [1.29, 1.82) is 0 Å². The Balaban J connectivity index is 1.45. The highest BCUT2D eigenvalue weighted by Gasteiger charge is 2.31. The summed E-state index contributed by atoms with van der Waals surface area (Å²) in [5.74, 6) is -0.653. The molecule has 0 aliphatic carbocycles. The van der Waals surface area contributed by atoms with Gasteiger partial charge in [-0.2, -0.15) is 0 Å². The number of carbonyl (C=O) groups excluding carboxylic acids is 3. The maximum absolute atomic E-state index is 13.3. The van der Waals surface area contributed by atoms with Crippen molar-refractivity contribution in [1.82, 2.24) is 9.80 Å². The van der Waals surface area contributed by atoms with Crippen LogP contribution < -0.4 is 5.32 Å². The molecule has 0 radical (unpaired) electrons. The number of fused-ring (bicyclic) bond motifs is 2. The molecule has 1 atom stereocenters. The Morgan fingerprint density at radius 3 is 2.56 bits per heavy atom. The van der Waals surface area contributed by atoms with Gasteiger partial charge in [-0.3, -0.25) is 14.4 Å². The molecule has 5 rings (SSSR count). The molecule has 1 aromatic heterocycles. The monoisotopic (exact) mass is 459 g/mol. The van der Waals surface area contributed by atoms with E-state index in [9.17, 15) is 14.4 Å². The molecular weight excluding hydrogens is 434 g/mol. The molecule has 3 amide bonds. The number of carbonyl (C=O) groups is 3. The fourth-order valence-electron chi connectivity index (χ4n) is 4.51. The third-order valence-electron chi connectivity index (χ3n) is 6.20. The minimum atomic E-state index is -0.449. The van der Waals surface area contributed by atoms with Crippen molar-refractivity contribution in [2.75, 3.05) is 31.6 Å². The highest BCUT2D eigenvalue weighted by molar-refractivity contribution is 6.11. The smallest absolute Gasteiger partial charge is 0.291 e. The van der Waals surface area contributed by atoms with Gasteiger partial charge in [0.15, 0.2) is 0 Å². The van der Waals surface area contributed by atoms with Crippen molar-refractivity contribution < 1.29 is 23.5 Å². The van der Waals surface area contributed by atoms with E-state index in [0.29, 0.717) is 43.0 Å². The van der Waals surface area contributed by atoms with Crippen LogP contribution in [0.25, 0.3) is 17.0 Å². The molecule has 2 aromatic carbocycles. The fraction of sp³-hybridized carbons (Fsp3) is 0.269. The number of para-hydroxylation sites is 1. The summed E-state index contributed by atoms with van der Waals surface area (Å²) < 4.78 is 11.2. The van der Waals surface area contributed by atoms with E-state index < -0.39 is 6.04 Å². The minimum absolute atomic E-state index is 0.0334. The van der Waals surface area contributed by atoms with Crippen molar-refractivity contribution in [3.8, 4) is 0 Å². The molecule has 8 nitrogen and oxygen atoms in total. The summed E-state index contributed by atoms with van der Waals surface area (Å²) in [5.41, 5.74) is 2.74. The van der Waals surface area contributed by atoms with Gasteiger partial charge in [0.2, 0.25) is 17.6 Å². The molecule has 8 heteroatoms. The third-order valence-corrected chi connectivity index (χ3v) is 6.20. The zero-order valence-corrected chi connectivity index (χ0v) is 18.8. The number of benzene rings is 2. The van der Waals surface area contributed by atoms with E-state index in [2.05, 4.69) is 5.32 Å². The van der Waals surface area contributed by atoms with Crippen molar-refractivity contribution in [2.24, 2.45) is 0 Å². The Hall–Kier alpha value is -3.91. The Morgan fingerprint density at radius 1 is 1.03 bits per heavy atom. The van der Waals surface area contributed by atoms with Crippen molar-refractivity contribution in [3.05, 3.63) is 71.6 Å². The number of nitrogens with zero attached hydrogens (tertiary/aromatic N) is 2. The van der Waals surface area contributed by atoms with E-state index >= 15 is 0 Å². The number of amides is 3. The topological polar surface area (TPSA) is 92.1 Å². The van der Waals surface area contributed by atoms with Gasteiger partial charge in [-0.05, 0) is 29.3 Å². The van der Waals surface area contributed by atoms with Crippen LogP contribution in [0.2, 0.25) is 0 Å².